The smallest absolute Gasteiger partial charge is 0.258 e. The second kappa shape index (κ2) is 7.25. The van der Waals surface area contributed by atoms with Crippen molar-refractivity contribution in [1.29, 1.82) is 0 Å². The van der Waals surface area contributed by atoms with Gasteiger partial charge in [-0.15, -0.1) is 0 Å². The third-order valence-electron chi connectivity index (χ3n) is 3.67. The van der Waals surface area contributed by atoms with Crippen LogP contribution in [-0.4, -0.2) is 16.6 Å². The van der Waals surface area contributed by atoms with E-state index in [1.54, 1.807) is 36.7 Å². The molecule has 0 aliphatic carbocycles. The summed E-state index contributed by atoms with van der Waals surface area (Å²) in [6.45, 7) is 4.15. The quantitative estimate of drug-likeness (QED) is 0.749. The van der Waals surface area contributed by atoms with Crippen molar-refractivity contribution in [3.05, 3.63) is 65.0 Å². The molecule has 6 nitrogen and oxygen atoms in total. The first-order valence-electron chi connectivity index (χ1n) is 8.12. The van der Waals surface area contributed by atoms with E-state index in [1.807, 2.05) is 26.0 Å². The number of carbonyl (C=O) groups is 1. The number of rotatable bonds is 6. The number of aromatic nitrogens is 1. The number of nitrogens with zero attached hydrogens (tertiary/aromatic N) is 1. The monoisotopic (exact) mass is 340 g/mol. The van der Waals surface area contributed by atoms with Gasteiger partial charge < -0.3 is 19.0 Å². The maximum Gasteiger partial charge on any atom is 0.258 e. The molecule has 6 heteroatoms. The molecule has 3 rings (SSSR count). The fourth-order valence-electron chi connectivity index (χ4n) is 2.55. The largest absolute Gasteiger partial charge is 0.491 e. The number of hydrogen-bond donors (Lipinski definition) is 1. The normalized spacial score (nSPS) is 11.0. The minimum absolute atomic E-state index is 0.0419. The molecule has 0 fully saturated rings. The van der Waals surface area contributed by atoms with E-state index in [-0.39, 0.29) is 24.1 Å². The van der Waals surface area contributed by atoms with Crippen molar-refractivity contribution in [2.75, 3.05) is 0 Å². The van der Waals surface area contributed by atoms with Crippen molar-refractivity contribution in [2.45, 2.75) is 33.0 Å². The maximum atomic E-state index is 12.6. The highest BCUT2D eigenvalue weighted by atomic mass is 16.5. The molecule has 1 N–H and O–H groups in total. The van der Waals surface area contributed by atoms with Gasteiger partial charge in [-0.2, -0.15) is 0 Å². The van der Waals surface area contributed by atoms with E-state index >= 15 is 0 Å². The Hall–Kier alpha value is -3.02. The van der Waals surface area contributed by atoms with E-state index < -0.39 is 0 Å². The fraction of sp³-hybridized carbons (Fsp3) is 0.263. The molecule has 0 saturated carbocycles. The number of ether oxygens (including phenoxy) is 1. The van der Waals surface area contributed by atoms with Crippen molar-refractivity contribution >= 4 is 16.7 Å². The Balaban J connectivity index is 1.74. The van der Waals surface area contributed by atoms with E-state index in [0.29, 0.717) is 17.7 Å². The van der Waals surface area contributed by atoms with Gasteiger partial charge in [0.1, 0.15) is 18.1 Å². The molecular weight excluding hydrogens is 320 g/mol. The van der Waals surface area contributed by atoms with Gasteiger partial charge in [0, 0.05) is 11.6 Å². The molecule has 2 aromatic heterocycles. The van der Waals surface area contributed by atoms with Crippen LogP contribution in [0.25, 0.3) is 10.8 Å². The van der Waals surface area contributed by atoms with E-state index in [0.717, 1.165) is 11.1 Å². The number of carbonyl (C=O) groups excluding carboxylic acids is 1. The first kappa shape index (κ1) is 16.8. The SMILES string of the molecule is CC(C)Oc1ccc2c(=O)n(CC(=O)NCc3ccco3)ccc2c1. The van der Waals surface area contributed by atoms with Crippen LogP contribution in [-0.2, 0) is 17.9 Å². The van der Waals surface area contributed by atoms with Gasteiger partial charge in [-0.25, -0.2) is 0 Å². The highest BCUT2D eigenvalue weighted by Crippen LogP contribution is 2.19. The Bertz CT molecular complexity index is 926. The lowest BCUT2D eigenvalue weighted by Gasteiger charge is -2.11. The molecule has 0 atom stereocenters. The summed E-state index contributed by atoms with van der Waals surface area (Å²) in [5, 5.41) is 4.07. The van der Waals surface area contributed by atoms with E-state index in [9.17, 15) is 9.59 Å². The molecule has 0 bridgehead atoms. The van der Waals surface area contributed by atoms with Gasteiger partial charge in [-0.1, -0.05) is 0 Å². The zero-order valence-corrected chi connectivity index (χ0v) is 14.2. The molecule has 25 heavy (non-hydrogen) atoms. The van der Waals surface area contributed by atoms with Gasteiger partial charge in [-0.3, -0.25) is 9.59 Å². The molecule has 0 saturated heterocycles. The van der Waals surface area contributed by atoms with Crippen LogP contribution in [0.4, 0.5) is 0 Å². The molecule has 0 aliphatic rings. The Morgan fingerprint density at radius 2 is 2.12 bits per heavy atom. The summed E-state index contributed by atoms with van der Waals surface area (Å²) >= 11 is 0. The Kier molecular flexibility index (Phi) is 4.88. The van der Waals surface area contributed by atoms with Crippen LogP contribution in [0.2, 0.25) is 0 Å². The maximum absolute atomic E-state index is 12.6. The van der Waals surface area contributed by atoms with Crippen LogP contribution in [0.5, 0.6) is 5.75 Å². The summed E-state index contributed by atoms with van der Waals surface area (Å²) < 4.78 is 12.2. The molecule has 1 aromatic carbocycles. The average molecular weight is 340 g/mol. The van der Waals surface area contributed by atoms with Gasteiger partial charge in [0.15, 0.2) is 0 Å². The molecule has 0 spiro atoms. The van der Waals surface area contributed by atoms with Crippen molar-refractivity contribution in [1.82, 2.24) is 9.88 Å². The standard InChI is InChI=1S/C19H20N2O4/c1-13(2)25-15-5-6-17-14(10-15)7-8-21(19(17)23)12-18(22)20-11-16-4-3-9-24-16/h3-10,13H,11-12H2,1-2H3,(H,20,22). The van der Waals surface area contributed by atoms with E-state index in [4.69, 9.17) is 9.15 Å². The van der Waals surface area contributed by atoms with Crippen LogP contribution in [0.3, 0.4) is 0 Å². The zero-order valence-electron chi connectivity index (χ0n) is 14.2. The highest BCUT2D eigenvalue weighted by molar-refractivity contribution is 5.83. The molecule has 2 heterocycles. The lowest BCUT2D eigenvalue weighted by molar-refractivity contribution is -0.121. The lowest BCUT2D eigenvalue weighted by Crippen LogP contribution is -2.31. The second-order valence-corrected chi connectivity index (χ2v) is 6.02. The fourth-order valence-corrected chi connectivity index (χ4v) is 2.55. The summed E-state index contributed by atoms with van der Waals surface area (Å²) in [6, 6.07) is 10.7. The summed E-state index contributed by atoms with van der Waals surface area (Å²) in [5.74, 6) is 1.13. The van der Waals surface area contributed by atoms with Crippen molar-refractivity contribution < 1.29 is 13.9 Å². The summed E-state index contributed by atoms with van der Waals surface area (Å²) in [4.78, 5) is 24.6. The minimum Gasteiger partial charge on any atom is -0.491 e. The van der Waals surface area contributed by atoms with Gasteiger partial charge >= 0.3 is 0 Å². The Labute approximate surface area is 145 Å². The van der Waals surface area contributed by atoms with Gasteiger partial charge in [-0.05, 0) is 55.6 Å². The number of amides is 1. The molecule has 1 amide bonds. The van der Waals surface area contributed by atoms with Gasteiger partial charge in [0.2, 0.25) is 5.91 Å². The summed E-state index contributed by atoms with van der Waals surface area (Å²) in [6.07, 6.45) is 3.23. The molecule has 3 aromatic rings. The van der Waals surface area contributed by atoms with Gasteiger partial charge in [0.05, 0.1) is 18.9 Å². The second-order valence-electron chi connectivity index (χ2n) is 6.02. The first-order valence-corrected chi connectivity index (χ1v) is 8.12. The highest BCUT2D eigenvalue weighted by Gasteiger charge is 2.09. The summed E-state index contributed by atoms with van der Waals surface area (Å²) in [7, 11) is 0. The molecular formula is C19H20N2O4. The minimum atomic E-state index is -0.252. The van der Waals surface area contributed by atoms with Crippen LogP contribution in [0, 0.1) is 0 Å². The molecule has 0 unspecified atom stereocenters. The third kappa shape index (κ3) is 4.09. The van der Waals surface area contributed by atoms with Crippen LogP contribution in [0.1, 0.15) is 19.6 Å². The number of furan rings is 1. The number of fused-ring (bicyclic) bond motifs is 1. The van der Waals surface area contributed by atoms with Crippen LogP contribution in [0.15, 0.2) is 58.1 Å². The predicted octanol–water partition coefficient (Wildman–Crippen LogP) is 2.70. The lowest BCUT2D eigenvalue weighted by atomic mass is 10.1. The van der Waals surface area contributed by atoms with E-state index in [2.05, 4.69) is 5.32 Å². The van der Waals surface area contributed by atoms with Crippen molar-refractivity contribution in [2.24, 2.45) is 0 Å². The molecule has 0 radical (unpaired) electrons. The number of hydrogen-bond acceptors (Lipinski definition) is 4. The third-order valence-corrected chi connectivity index (χ3v) is 3.67. The Morgan fingerprint density at radius 3 is 2.84 bits per heavy atom. The Morgan fingerprint density at radius 1 is 1.28 bits per heavy atom. The first-order chi connectivity index (χ1) is 12.0. The number of nitrogens with one attached hydrogen (secondary N) is 1. The van der Waals surface area contributed by atoms with Crippen molar-refractivity contribution in [3.8, 4) is 5.75 Å². The number of pyridine rings is 1. The average Bonchev–Trinajstić information content (AvgIpc) is 3.08. The van der Waals surface area contributed by atoms with Crippen molar-refractivity contribution in [3.63, 3.8) is 0 Å². The zero-order chi connectivity index (χ0) is 17.8. The molecule has 0 aliphatic heterocycles. The van der Waals surface area contributed by atoms with E-state index in [1.165, 1.54) is 4.57 Å². The topological polar surface area (TPSA) is 73.5 Å². The van der Waals surface area contributed by atoms with Crippen LogP contribution >= 0.6 is 0 Å². The number of benzene rings is 1. The molecule has 130 valence electrons. The van der Waals surface area contributed by atoms with Crippen LogP contribution < -0.4 is 15.6 Å². The summed E-state index contributed by atoms with van der Waals surface area (Å²) in [5.41, 5.74) is -0.207. The van der Waals surface area contributed by atoms with Gasteiger partial charge in [0.25, 0.3) is 5.56 Å². The predicted molar refractivity (Wildman–Crippen MR) is 94.5 cm³/mol.